The van der Waals surface area contributed by atoms with Crippen LogP contribution in [0, 0.1) is 11.8 Å². The lowest BCUT2D eigenvalue weighted by atomic mass is 10.1. The van der Waals surface area contributed by atoms with Crippen LogP contribution in [0.25, 0.3) is 0 Å². The Balaban J connectivity index is 1.32. The van der Waals surface area contributed by atoms with Gasteiger partial charge in [0.1, 0.15) is 0 Å². The van der Waals surface area contributed by atoms with Crippen LogP contribution in [0.1, 0.15) is 21.5 Å². The lowest BCUT2D eigenvalue weighted by molar-refractivity contribution is -0.137. The van der Waals surface area contributed by atoms with Gasteiger partial charge in [-0.2, -0.15) is 17.5 Å². The molecule has 0 aromatic heterocycles. The molecule has 2 fully saturated rings. The second kappa shape index (κ2) is 8.88. The van der Waals surface area contributed by atoms with Gasteiger partial charge in [-0.15, -0.1) is 0 Å². The van der Waals surface area contributed by atoms with Crippen LogP contribution in [0.15, 0.2) is 66.1 Å². The van der Waals surface area contributed by atoms with Gasteiger partial charge in [-0.25, -0.2) is 8.42 Å². The second-order valence-corrected chi connectivity index (χ2v) is 10.2. The van der Waals surface area contributed by atoms with Crippen LogP contribution in [0.2, 0.25) is 0 Å². The van der Waals surface area contributed by atoms with E-state index in [1.165, 1.54) is 46.8 Å². The average molecular weight is 494 g/mol. The third kappa shape index (κ3) is 4.85. The molecule has 0 spiro atoms. The zero-order valence-corrected chi connectivity index (χ0v) is 18.7. The van der Waals surface area contributed by atoms with E-state index in [1.807, 2.05) is 0 Å². The summed E-state index contributed by atoms with van der Waals surface area (Å²) in [5.74, 6) is -0.601. The number of rotatable bonds is 7. The number of halogens is 3. The summed E-state index contributed by atoms with van der Waals surface area (Å²) in [6.07, 6.45) is -3.24. The quantitative estimate of drug-likeness (QED) is 0.580. The van der Waals surface area contributed by atoms with E-state index in [0.29, 0.717) is 18.7 Å². The van der Waals surface area contributed by atoms with Crippen molar-refractivity contribution in [1.82, 2.24) is 14.9 Å². The molecule has 2 aromatic carbocycles. The van der Waals surface area contributed by atoms with E-state index in [2.05, 4.69) is 17.2 Å². The molecule has 1 saturated carbocycles. The van der Waals surface area contributed by atoms with Crippen LogP contribution in [0.3, 0.4) is 0 Å². The Morgan fingerprint density at radius 2 is 1.62 bits per heavy atom. The molecule has 7 nitrogen and oxygen atoms in total. The minimum absolute atomic E-state index is 0.0249. The molecule has 1 heterocycles. The van der Waals surface area contributed by atoms with Crippen molar-refractivity contribution in [3.05, 3.63) is 77.9 Å². The predicted molar refractivity (Wildman–Crippen MR) is 117 cm³/mol. The molecule has 2 aliphatic rings. The lowest BCUT2D eigenvalue weighted by Gasteiger charge is -2.20. The molecule has 2 aromatic rings. The molecular weight excluding hydrogens is 471 g/mol. The summed E-state index contributed by atoms with van der Waals surface area (Å²) < 4.78 is 65.1. The number of carbonyl (C=O) groups excluding carboxylic acids is 2. The molecule has 1 aliphatic heterocycles. The number of carbonyl (C=O) groups is 2. The molecule has 180 valence electrons. The number of amides is 2. The number of fused-ring (bicyclic) bond motifs is 1. The first-order valence-corrected chi connectivity index (χ1v) is 11.9. The maximum Gasteiger partial charge on any atom is 0.416 e. The topological polar surface area (TPSA) is 95.6 Å². The first-order chi connectivity index (χ1) is 16.0. The highest BCUT2D eigenvalue weighted by atomic mass is 32.2. The second-order valence-electron chi connectivity index (χ2n) is 8.29. The molecule has 2 atom stereocenters. The Labute approximate surface area is 194 Å². The van der Waals surface area contributed by atoms with Crippen molar-refractivity contribution in [2.24, 2.45) is 11.8 Å². The van der Waals surface area contributed by atoms with Crippen molar-refractivity contribution in [1.29, 1.82) is 0 Å². The van der Waals surface area contributed by atoms with Gasteiger partial charge in [0.15, 0.2) is 0 Å². The molecule has 1 aliphatic carbocycles. The van der Waals surface area contributed by atoms with Crippen molar-refractivity contribution in [3.8, 4) is 0 Å². The number of piperidine rings is 1. The molecule has 4 rings (SSSR count). The van der Waals surface area contributed by atoms with Gasteiger partial charge in [0, 0.05) is 31.2 Å². The number of benzene rings is 2. The van der Waals surface area contributed by atoms with Gasteiger partial charge in [-0.3, -0.25) is 9.59 Å². The molecular formula is C23H22F3N3O4S. The van der Waals surface area contributed by atoms with Crippen LogP contribution in [-0.4, -0.2) is 43.7 Å². The summed E-state index contributed by atoms with van der Waals surface area (Å²) in [7, 11) is -3.74. The molecule has 2 amide bonds. The van der Waals surface area contributed by atoms with Crippen molar-refractivity contribution in [2.45, 2.75) is 23.7 Å². The monoisotopic (exact) mass is 493 g/mol. The molecule has 11 heteroatoms. The Morgan fingerprint density at radius 1 is 1.03 bits per heavy atom. The minimum Gasteiger partial charge on any atom is -0.349 e. The van der Waals surface area contributed by atoms with E-state index < -0.39 is 27.7 Å². The van der Waals surface area contributed by atoms with E-state index in [9.17, 15) is 31.2 Å². The number of hydrogen-bond donors (Lipinski definition) is 2. The molecule has 0 radical (unpaired) electrons. The van der Waals surface area contributed by atoms with E-state index in [0.717, 1.165) is 12.1 Å². The molecule has 2 unspecified atom stereocenters. The smallest absolute Gasteiger partial charge is 0.349 e. The van der Waals surface area contributed by atoms with Crippen molar-refractivity contribution < 1.29 is 31.2 Å². The minimum atomic E-state index is -4.43. The van der Waals surface area contributed by atoms with E-state index >= 15 is 0 Å². The van der Waals surface area contributed by atoms with Crippen molar-refractivity contribution >= 4 is 21.8 Å². The number of hydrogen-bond acceptors (Lipinski definition) is 4. The fraction of sp³-hybridized carbons (Fsp3) is 0.304. The lowest BCUT2D eigenvalue weighted by Crippen LogP contribution is -2.37. The fourth-order valence-electron chi connectivity index (χ4n) is 4.14. The van der Waals surface area contributed by atoms with Gasteiger partial charge in [0.2, 0.25) is 15.9 Å². The predicted octanol–water partition coefficient (Wildman–Crippen LogP) is 2.56. The van der Waals surface area contributed by atoms with E-state index in [-0.39, 0.29) is 40.8 Å². The van der Waals surface area contributed by atoms with Gasteiger partial charge in [0.25, 0.3) is 5.91 Å². The Hall–Kier alpha value is -3.18. The van der Waals surface area contributed by atoms with Gasteiger partial charge in [-0.1, -0.05) is 18.7 Å². The molecule has 0 bridgehead atoms. The highest BCUT2D eigenvalue weighted by Gasteiger charge is 2.58. The Kier molecular flexibility index (Phi) is 6.26. The zero-order chi connectivity index (χ0) is 24.7. The Bertz CT molecular complexity index is 1200. The number of nitrogens with zero attached hydrogens (tertiary/aromatic N) is 1. The van der Waals surface area contributed by atoms with Gasteiger partial charge in [-0.05, 0) is 59.9 Å². The SMILES string of the molecule is C=CC(=O)NC1C2CN(S(=O)(=O)c3ccc(C(=O)NCc4ccc(C(F)(F)F)cc4)cc3)CC21. The van der Waals surface area contributed by atoms with Gasteiger partial charge < -0.3 is 10.6 Å². The molecule has 34 heavy (non-hydrogen) atoms. The summed E-state index contributed by atoms with van der Waals surface area (Å²) in [5, 5.41) is 5.40. The fourth-order valence-corrected chi connectivity index (χ4v) is 5.66. The summed E-state index contributed by atoms with van der Waals surface area (Å²) in [5.41, 5.74) is -0.0511. The summed E-state index contributed by atoms with van der Waals surface area (Å²) >= 11 is 0. The van der Waals surface area contributed by atoms with E-state index in [1.54, 1.807) is 0 Å². The van der Waals surface area contributed by atoms with Crippen molar-refractivity contribution in [3.63, 3.8) is 0 Å². The van der Waals surface area contributed by atoms with Crippen molar-refractivity contribution in [2.75, 3.05) is 13.1 Å². The van der Waals surface area contributed by atoms with Gasteiger partial charge in [0.05, 0.1) is 10.5 Å². The van der Waals surface area contributed by atoms with Crippen LogP contribution in [-0.2, 0) is 27.5 Å². The third-order valence-electron chi connectivity index (χ3n) is 6.14. The first kappa shape index (κ1) is 24.0. The van der Waals surface area contributed by atoms with Crippen LogP contribution in [0.5, 0.6) is 0 Å². The zero-order valence-electron chi connectivity index (χ0n) is 17.9. The van der Waals surface area contributed by atoms with Crippen LogP contribution in [0.4, 0.5) is 13.2 Å². The standard InChI is InChI=1S/C23H22F3N3O4S/c1-2-20(30)28-21-18-12-29(13-19(18)21)34(32,33)17-9-5-15(6-10-17)22(31)27-11-14-3-7-16(8-4-14)23(24,25)26/h2-10,18-19,21H,1,11-13H2,(H,27,31)(H,28,30). The van der Waals surface area contributed by atoms with E-state index in [4.69, 9.17) is 0 Å². The number of sulfonamides is 1. The maximum absolute atomic E-state index is 12.9. The van der Waals surface area contributed by atoms with Gasteiger partial charge >= 0.3 is 6.18 Å². The highest BCUT2D eigenvalue weighted by Crippen LogP contribution is 2.47. The number of alkyl halides is 3. The Morgan fingerprint density at radius 3 is 2.15 bits per heavy atom. The van der Waals surface area contributed by atoms with Crippen LogP contribution >= 0.6 is 0 Å². The summed E-state index contributed by atoms with van der Waals surface area (Å²) in [4.78, 5) is 23.8. The largest absolute Gasteiger partial charge is 0.416 e. The molecule has 2 N–H and O–H groups in total. The number of nitrogens with one attached hydrogen (secondary N) is 2. The maximum atomic E-state index is 12.9. The highest BCUT2D eigenvalue weighted by molar-refractivity contribution is 7.89. The van der Waals surface area contributed by atoms with Crippen LogP contribution < -0.4 is 10.6 Å². The first-order valence-electron chi connectivity index (χ1n) is 10.5. The molecule has 1 saturated heterocycles. The summed E-state index contributed by atoms with van der Waals surface area (Å²) in [6.45, 7) is 4.05. The average Bonchev–Trinajstić information content (AvgIpc) is 3.23. The summed E-state index contributed by atoms with van der Waals surface area (Å²) in [6, 6.07) is 9.90. The normalized spacial score (nSPS) is 22.0. The third-order valence-corrected chi connectivity index (χ3v) is 7.99.